The highest BCUT2D eigenvalue weighted by Gasteiger charge is 2.33. The fourth-order valence-electron chi connectivity index (χ4n) is 3.80. The van der Waals surface area contributed by atoms with E-state index in [4.69, 9.17) is 0 Å². The average molecular weight is 247 g/mol. The Bertz CT molecular complexity index is 384. The van der Waals surface area contributed by atoms with E-state index < -0.39 is 0 Å². The zero-order valence-corrected chi connectivity index (χ0v) is 11.5. The fraction of sp³-hybridized carbons (Fsp3) is 0.800. The summed E-state index contributed by atoms with van der Waals surface area (Å²) >= 11 is 0. The smallest absolute Gasteiger partial charge is 0.0948 e. The summed E-state index contributed by atoms with van der Waals surface area (Å²) in [6, 6.07) is 0.544. The lowest BCUT2D eigenvalue weighted by molar-refractivity contribution is 0.233. The van der Waals surface area contributed by atoms with Crippen molar-refractivity contribution in [3.8, 4) is 0 Å². The minimum Gasteiger partial charge on any atom is -0.333 e. The van der Waals surface area contributed by atoms with E-state index in [1.165, 1.54) is 57.2 Å². The van der Waals surface area contributed by atoms with Crippen molar-refractivity contribution in [2.75, 3.05) is 6.54 Å². The van der Waals surface area contributed by atoms with Crippen molar-refractivity contribution >= 4 is 0 Å². The molecule has 100 valence electrons. The summed E-state index contributed by atoms with van der Waals surface area (Å²) in [4.78, 5) is 4.40. The van der Waals surface area contributed by atoms with Crippen LogP contribution in [-0.4, -0.2) is 16.1 Å². The van der Waals surface area contributed by atoms with Crippen LogP contribution in [-0.2, 0) is 6.54 Å². The number of hydrogen-bond donors (Lipinski definition) is 1. The Kier molecular flexibility index (Phi) is 3.42. The van der Waals surface area contributed by atoms with Gasteiger partial charge in [0, 0.05) is 18.8 Å². The Labute approximate surface area is 110 Å². The van der Waals surface area contributed by atoms with Crippen LogP contribution in [0.4, 0.5) is 0 Å². The van der Waals surface area contributed by atoms with Gasteiger partial charge in [0.1, 0.15) is 0 Å². The van der Waals surface area contributed by atoms with E-state index >= 15 is 0 Å². The summed E-state index contributed by atoms with van der Waals surface area (Å²) in [6.45, 7) is 4.70. The molecule has 1 saturated heterocycles. The Hall–Kier alpha value is -0.830. The highest BCUT2D eigenvalue weighted by Crippen LogP contribution is 2.42. The molecule has 1 aliphatic carbocycles. The Morgan fingerprint density at radius 2 is 2.22 bits per heavy atom. The molecule has 1 aromatic rings. The van der Waals surface area contributed by atoms with Gasteiger partial charge in [-0.1, -0.05) is 19.8 Å². The molecule has 0 radical (unpaired) electrons. The summed E-state index contributed by atoms with van der Waals surface area (Å²) in [6.07, 6.45) is 13.6. The maximum atomic E-state index is 4.40. The topological polar surface area (TPSA) is 29.9 Å². The molecule has 0 amide bonds. The van der Waals surface area contributed by atoms with Gasteiger partial charge in [-0.05, 0) is 44.1 Å². The SMILES string of the molecule is CCC1(Cn2cncc2[C@@H]2CCCN2)CCCC1. The molecule has 3 rings (SSSR count). The summed E-state index contributed by atoms with van der Waals surface area (Å²) in [7, 11) is 0. The van der Waals surface area contributed by atoms with Gasteiger partial charge in [-0.15, -0.1) is 0 Å². The quantitative estimate of drug-likeness (QED) is 0.885. The molecule has 1 saturated carbocycles. The van der Waals surface area contributed by atoms with Gasteiger partial charge in [-0.3, -0.25) is 0 Å². The van der Waals surface area contributed by atoms with E-state index in [0.717, 1.165) is 6.54 Å². The third kappa shape index (κ3) is 2.20. The third-order valence-corrected chi connectivity index (χ3v) is 5.08. The molecule has 2 heterocycles. The normalized spacial score (nSPS) is 26.8. The second kappa shape index (κ2) is 5.04. The van der Waals surface area contributed by atoms with Gasteiger partial charge in [-0.2, -0.15) is 0 Å². The minimum absolute atomic E-state index is 0.544. The zero-order valence-electron chi connectivity index (χ0n) is 11.5. The molecule has 18 heavy (non-hydrogen) atoms. The highest BCUT2D eigenvalue weighted by molar-refractivity contribution is 5.08. The number of nitrogens with one attached hydrogen (secondary N) is 1. The van der Waals surface area contributed by atoms with Gasteiger partial charge in [0.05, 0.1) is 12.0 Å². The van der Waals surface area contributed by atoms with Crippen LogP contribution < -0.4 is 5.32 Å². The molecule has 0 unspecified atom stereocenters. The monoisotopic (exact) mass is 247 g/mol. The number of hydrogen-bond acceptors (Lipinski definition) is 2. The molecule has 1 aliphatic heterocycles. The van der Waals surface area contributed by atoms with Crippen LogP contribution in [0.5, 0.6) is 0 Å². The van der Waals surface area contributed by atoms with Gasteiger partial charge in [0.15, 0.2) is 0 Å². The molecule has 3 heteroatoms. The summed E-state index contributed by atoms with van der Waals surface area (Å²) in [5, 5.41) is 3.59. The van der Waals surface area contributed by atoms with Crippen LogP contribution in [0.25, 0.3) is 0 Å². The number of imidazole rings is 1. The molecule has 1 atom stereocenters. The van der Waals surface area contributed by atoms with E-state index in [2.05, 4.69) is 28.0 Å². The molecule has 1 N–H and O–H groups in total. The van der Waals surface area contributed by atoms with Crippen LogP contribution in [0.3, 0.4) is 0 Å². The summed E-state index contributed by atoms with van der Waals surface area (Å²) < 4.78 is 2.43. The Morgan fingerprint density at radius 1 is 1.39 bits per heavy atom. The largest absolute Gasteiger partial charge is 0.333 e. The van der Waals surface area contributed by atoms with Gasteiger partial charge in [-0.25, -0.2) is 4.98 Å². The van der Waals surface area contributed by atoms with Gasteiger partial charge in [0.25, 0.3) is 0 Å². The van der Waals surface area contributed by atoms with Crippen molar-refractivity contribution in [1.29, 1.82) is 0 Å². The predicted octanol–water partition coefficient (Wildman–Crippen LogP) is 3.28. The average Bonchev–Trinajstić information content (AvgIpc) is 3.10. The van der Waals surface area contributed by atoms with Crippen molar-refractivity contribution < 1.29 is 0 Å². The van der Waals surface area contributed by atoms with Crippen LogP contribution in [0.2, 0.25) is 0 Å². The maximum Gasteiger partial charge on any atom is 0.0948 e. The van der Waals surface area contributed by atoms with E-state index in [1.807, 2.05) is 6.33 Å². The second-order valence-electron chi connectivity index (χ2n) is 6.16. The summed E-state index contributed by atoms with van der Waals surface area (Å²) in [5.74, 6) is 0. The van der Waals surface area contributed by atoms with Crippen molar-refractivity contribution in [2.45, 2.75) is 64.5 Å². The van der Waals surface area contributed by atoms with E-state index in [-0.39, 0.29) is 0 Å². The highest BCUT2D eigenvalue weighted by atomic mass is 15.1. The van der Waals surface area contributed by atoms with Crippen molar-refractivity contribution in [3.63, 3.8) is 0 Å². The zero-order chi connectivity index (χ0) is 12.4. The van der Waals surface area contributed by atoms with Crippen LogP contribution in [0.1, 0.15) is 63.6 Å². The van der Waals surface area contributed by atoms with E-state index in [1.54, 1.807) is 0 Å². The van der Waals surface area contributed by atoms with Crippen LogP contribution in [0.15, 0.2) is 12.5 Å². The lowest BCUT2D eigenvalue weighted by atomic mass is 9.83. The van der Waals surface area contributed by atoms with Gasteiger partial charge >= 0.3 is 0 Å². The first-order chi connectivity index (χ1) is 8.83. The van der Waals surface area contributed by atoms with E-state index in [0.29, 0.717) is 11.5 Å². The molecule has 0 aromatic carbocycles. The molecule has 3 nitrogen and oxygen atoms in total. The lowest BCUT2D eigenvalue weighted by Gasteiger charge is -2.29. The molecular weight excluding hydrogens is 222 g/mol. The third-order valence-electron chi connectivity index (χ3n) is 5.08. The Balaban J connectivity index is 1.77. The molecule has 0 spiro atoms. The first-order valence-electron chi connectivity index (χ1n) is 7.56. The number of rotatable bonds is 4. The van der Waals surface area contributed by atoms with Crippen molar-refractivity contribution in [3.05, 3.63) is 18.2 Å². The van der Waals surface area contributed by atoms with Crippen molar-refractivity contribution in [2.24, 2.45) is 5.41 Å². The number of aromatic nitrogens is 2. The molecule has 2 fully saturated rings. The van der Waals surface area contributed by atoms with Crippen LogP contribution in [0, 0.1) is 5.41 Å². The first-order valence-corrected chi connectivity index (χ1v) is 7.56. The van der Waals surface area contributed by atoms with Gasteiger partial charge in [0.2, 0.25) is 0 Å². The Morgan fingerprint density at radius 3 is 2.89 bits per heavy atom. The van der Waals surface area contributed by atoms with Crippen LogP contribution >= 0.6 is 0 Å². The fourth-order valence-corrected chi connectivity index (χ4v) is 3.80. The predicted molar refractivity (Wildman–Crippen MR) is 73.4 cm³/mol. The molecular formula is C15H25N3. The minimum atomic E-state index is 0.544. The molecule has 0 bridgehead atoms. The molecule has 2 aliphatic rings. The maximum absolute atomic E-state index is 4.40. The summed E-state index contributed by atoms with van der Waals surface area (Å²) in [5.41, 5.74) is 1.96. The standard InChI is InChI=1S/C15H25N3/c1-2-15(7-3-4-8-15)11-18-12-16-10-14(18)13-6-5-9-17-13/h10,12-13,17H,2-9,11H2,1H3/t13-/m0/s1. The van der Waals surface area contributed by atoms with Crippen molar-refractivity contribution in [1.82, 2.24) is 14.9 Å². The lowest BCUT2D eigenvalue weighted by Crippen LogP contribution is -2.25. The molecule has 1 aromatic heterocycles. The second-order valence-corrected chi connectivity index (χ2v) is 6.16. The van der Waals surface area contributed by atoms with E-state index in [9.17, 15) is 0 Å². The first kappa shape index (κ1) is 12.2. The van der Waals surface area contributed by atoms with Gasteiger partial charge < -0.3 is 9.88 Å². The number of nitrogens with zero attached hydrogens (tertiary/aromatic N) is 2.